The van der Waals surface area contributed by atoms with Crippen molar-refractivity contribution in [2.45, 2.75) is 20.3 Å². The third kappa shape index (κ3) is 5.50. The highest BCUT2D eigenvalue weighted by Gasteiger charge is 2.09. The largest absolute Gasteiger partial charge is 0.465 e. The number of carbonyl (C=O) groups is 2. The van der Waals surface area contributed by atoms with Gasteiger partial charge in [-0.1, -0.05) is 17.7 Å². The number of halogens is 1. The number of benzene rings is 2. The number of hydrogen-bond donors (Lipinski definition) is 2. The molecule has 0 bridgehead atoms. The van der Waals surface area contributed by atoms with Crippen molar-refractivity contribution in [2.24, 2.45) is 0 Å². The number of nitrogens with one attached hydrogen (secondary N) is 2. The maximum atomic E-state index is 12.1. The molecule has 5 nitrogen and oxygen atoms in total. The average Bonchev–Trinajstić information content (AvgIpc) is 2.54. The number of amides is 1. The van der Waals surface area contributed by atoms with Crippen LogP contribution in [-0.4, -0.2) is 25.5 Å². The van der Waals surface area contributed by atoms with Crippen molar-refractivity contribution in [3.8, 4) is 0 Å². The van der Waals surface area contributed by atoms with Gasteiger partial charge in [0.15, 0.2) is 0 Å². The number of rotatable bonds is 6. The molecule has 0 fully saturated rings. The molecule has 0 atom stereocenters. The zero-order valence-corrected chi connectivity index (χ0v) is 15.2. The van der Waals surface area contributed by atoms with Gasteiger partial charge in [-0.2, -0.15) is 0 Å². The second-order valence-electron chi connectivity index (χ2n) is 5.79. The molecule has 0 unspecified atom stereocenters. The minimum Gasteiger partial charge on any atom is -0.465 e. The van der Waals surface area contributed by atoms with Crippen LogP contribution in [0.3, 0.4) is 0 Å². The number of ether oxygens (including phenoxy) is 1. The van der Waals surface area contributed by atoms with Crippen molar-refractivity contribution in [1.29, 1.82) is 0 Å². The molecule has 0 aliphatic rings. The first-order valence-corrected chi connectivity index (χ1v) is 8.26. The van der Waals surface area contributed by atoms with E-state index in [9.17, 15) is 9.59 Å². The Morgan fingerprint density at radius 1 is 1.08 bits per heavy atom. The zero-order valence-electron chi connectivity index (χ0n) is 14.5. The molecule has 0 heterocycles. The summed E-state index contributed by atoms with van der Waals surface area (Å²) in [6, 6.07) is 10.7. The lowest BCUT2D eigenvalue weighted by Crippen LogP contribution is -2.16. The first-order chi connectivity index (χ1) is 11.9. The van der Waals surface area contributed by atoms with E-state index < -0.39 is 5.97 Å². The van der Waals surface area contributed by atoms with Crippen molar-refractivity contribution in [2.75, 3.05) is 24.3 Å². The minimum absolute atomic E-state index is 0.0993. The van der Waals surface area contributed by atoms with Crippen molar-refractivity contribution in [3.05, 3.63) is 58.1 Å². The molecule has 0 aromatic heterocycles. The van der Waals surface area contributed by atoms with E-state index in [0.29, 0.717) is 22.8 Å². The smallest absolute Gasteiger partial charge is 0.337 e. The van der Waals surface area contributed by atoms with Crippen LogP contribution in [0.2, 0.25) is 5.02 Å². The summed E-state index contributed by atoms with van der Waals surface area (Å²) in [7, 11) is 1.32. The summed E-state index contributed by atoms with van der Waals surface area (Å²) in [5.74, 6) is -0.537. The maximum absolute atomic E-state index is 12.1. The predicted octanol–water partition coefficient (Wildman–Crippen LogP) is 4.18. The Hall–Kier alpha value is -2.53. The van der Waals surface area contributed by atoms with Crippen molar-refractivity contribution >= 4 is 34.9 Å². The summed E-state index contributed by atoms with van der Waals surface area (Å²) in [6.07, 6.45) is 0.270. The molecule has 0 aliphatic carbocycles. The Morgan fingerprint density at radius 3 is 2.40 bits per heavy atom. The van der Waals surface area contributed by atoms with Gasteiger partial charge in [0.05, 0.1) is 23.4 Å². The Kier molecular flexibility index (Phi) is 6.42. The Morgan fingerprint density at radius 2 is 1.76 bits per heavy atom. The molecule has 0 saturated carbocycles. The van der Waals surface area contributed by atoms with Gasteiger partial charge in [-0.3, -0.25) is 4.79 Å². The van der Waals surface area contributed by atoms with Gasteiger partial charge < -0.3 is 15.4 Å². The molecule has 0 radical (unpaired) electrons. The molecule has 6 heteroatoms. The number of carbonyl (C=O) groups excluding carboxylic acids is 2. The van der Waals surface area contributed by atoms with Crippen LogP contribution in [0.25, 0.3) is 0 Å². The predicted molar refractivity (Wildman–Crippen MR) is 100 cm³/mol. The van der Waals surface area contributed by atoms with Crippen molar-refractivity contribution in [3.63, 3.8) is 0 Å². The van der Waals surface area contributed by atoms with Crippen LogP contribution >= 0.6 is 11.6 Å². The van der Waals surface area contributed by atoms with E-state index in [2.05, 4.69) is 15.4 Å². The van der Waals surface area contributed by atoms with Crippen LogP contribution in [0.1, 0.15) is 27.9 Å². The van der Waals surface area contributed by atoms with Crippen LogP contribution in [0.4, 0.5) is 11.4 Å². The van der Waals surface area contributed by atoms with Crippen molar-refractivity contribution < 1.29 is 14.3 Å². The minimum atomic E-state index is -0.438. The summed E-state index contributed by atoms with van der Waals surface area (Å²) in [5.41, 5.74) is 3.96. The molecule has 2 aromatic carbocycles. The van der Waals surface area contributed by atoms with Gasteiger partial charge in [0.2, 0.25) is 5.91 Å². The van der Waals surface area contributed by atoms with E-state index in [-0.39, 0.29) is 12.3 Å². The molecule has 0 aliphatic heterocycles. The van der Waals surface area contributed by atoms with Crippen LogP contribution in [0.15, 0.2) is 36.4 Å². The molecule has 25 heavy (non-hydrogen) atoms. The fourth-order valence-corrected chi connectivity index (χ4v) is 2.67. The van der Waals surface area contributed by atoms with E-state index >= 15 is 0 Å². The van der Waals surface area contributed by atoms with E-state index in [0.717, 1.165) is 16.8 Å². The fourth-order valence-electron chi connectivity index (χ4n) is 2.49. The van der Waals surface area contributed by atoms with Crippen LogP contribution in [0.5, 0.6) is 0 Å². The summed E-state index contributed by atoms with van der Waals surface area (Å²) >= 11 is 6.11. The van der Waals surface area contributed by atoms with Gasteiger partial charge in [0.1, 0.15) is 0 Å². The first-order valence-electron chi connectivity index (χ1n) is 7.89. The molecular formula is C19H21ClN2O3. The molecule has 2 aromatic rings. The van der Waals surface area contributed by atoms with Crippen molar-refractivity contribution in [1.82, 2.24) is 0 Å². The maximum Gasteiger partial charge on any atom is 0.337 e. The molecule has 0 saturated heterocycles. The lowest BCUT2D eigenvalue weighted by atomic mass is 10.1. The average molecular weight is 361 g/mol. The van der Waals surface area contributed by atoms with Gasteiger partial charge >= 0.3 is 5.97 Å². The fraction of sp³-hybridized carbons (Fsp3) is 0.263. The first kappa shape index (κ1) is 18.8. The van der Waals surface area contributed by atoms with Crippen LogP contribution < -0.4 is 10.6 Å². The highest BCUT2D eigenvalue weighted by atomic mass is 35.5. The Bertz CT molecular complexity index is 770. The molecule has 132 valence electrons. The third-order valence-corrected chi connectivity index (χ3v) is 3.89. The molecule has 1 amide bonds. The number of hydrogen-bond acceptors (Lipinski definition) is 4. The van der Waals surface area contributed by atoms with E-state index in [1.165, 1.54) is 7.11 Å². The summed E-state index contributed by atoms with van der Waals surface area (Å²) in [4.78, 5) is 23.6. The lowest BCUT2D eigenvalue weighted by Gasteiger charge is -2.11. The number of anilines is 2. The topological polar surface area (TPSA) is 67.4 Å². The third-order valence-electron chi connectivity index (χ3n) is 3.56. The molecule has 0 spiro atoms. The number of methoxy groups -OCH3 is 1. The van der Waals surface area contributed by atoms with Gasteiger partial charge in [0.25, 0.3) is 0 Å². The van der Waals surface area contributed by atoms with E-state index in [1.54, 1.807) is 18.2 Å². The van der Waals surface area contributed by atoms with E-state index in [1.807, 2.05) is 32.0 Å². The zero-order chi connectivity index (χ0) is 18.4. The normalized spacial score (nSPS) is 10.2. The SMILES string of the molecule is COC(=O)c1ccc(Cl)c(NCCC(=O)Nc2cc(C)cc(C)c2)c1. The van der Waals surface area contributed by atoms with Gasteiger partial charge in [-0.25, -0.2) is 4.79 Å². The standard InChI is InChI=1S/C19H21ClN2O3/c1-12-8-13(2)10-15(9-12)22-18(23)6-7-21-17-11-14(19(24)25-3)4-5-16(17)20/h4-5,8-11,21H,6-7H2,1-3H3,(H,22,23). The Balaban J connectivity index is 1.91. The van der Waals surface area contributed by atoms with Crippen LogP contribution in [0, 0.1) is 13.8 Å². The lowest BCUT2D eigenvalue weighted by molar-refractivity contribution is -0.115. The summed E-state index contributed by atoms with van der Waals surface area (Å²) in [5, 5.41) is 6.42. The molecule has 2 rings (SSSR count). The molecule has 2 N–H and O–H groups in total. The van der Waals surface area contributed by atoms with Gasteiger partial charge in [0, 0.05) is 18.7 Å². The second kappa shape index (κ2) is 8.53. The number of aryl methyl sites for hydroxylation is 2. The highest BCUT2D eigenvalue weighted by molar-refractivity contribution is 6.33. The highest BCUT2D eigenvalue weighted by Crippen LogP contribution is 2.23. The summed E-state index contributed by atoms with van der Waals surface area (Å²) < 4.78 is 4.69. The summed E-state index contributed by atoms with van der Waals surface area (Å²) in [6.45, 7) is 4.36. The number of esters is 1. The monoisotopic (exact) mass is 360 g/mol. The molecular weight excluding hydrogens is 340 g/mol. The second-order valence-corrected chi connectivity index (χ2v) is 6.19. The van der Waals surface area contributed by atoms with Gasteiger partial charge in [-0.15, -0.1) is 0 Å². The van der Waals surface area contributed by atoms with Gasteiger partial charge in [-0.05, 0) is 55.3 Å². The quantitative estimate of drug-likeness (QED) is 0.758. The van der Waals surface area contributed by atoms with Crippen LogP contribution in [-0.2, 0) is 9.53 Å². The van der Waals surface area contributed by atoms with E-state index in [4.69, 9.17) is 11.6 Å². The Labute approximate surface area is 152 Å².